The Morgan fingerprint density at radius 3 is 2.15 bits per heavy atom. The fourth-order valence-corrected chi connectivity index (χ4v) is 4.71. The average molecular weight is 579 g/mol. The summed E-state index contributed by atoms with van der Waals surface area (Å²) < 4.78 is 27.9. The van der Waals surface area contributed by atoms with E-state index in [2.05, 4.69) is 0 Å². The van der Waals surface area contributed by atoms with E-state index < -0.39 is 79.2 Å². The molecule has 0 aliphatic carbocycles. The van der Waals surface area contributed by atoms with E-state index in [4.69, 9.17) is 23.4 Å². The number of phenols is 2. The van der Waals surface area contributed by atoms with Gasteiger partial charge in [0.15, 0.2) is 11.7 Å². The van der Waals surface area contributed by atoms with Gasteiger partial charge in [-0.15, -0.1) is 0 Å². The van der Waals surface area contributed by atoms with Crippen LogP contribution in [0, 0.1) is 0 Å². The van der Waals surface area contributed by atoms with Gasteiger partial charge >= 0.3 is 0 Å². The van der Waals surface area contributed by atoms with Gasteiger partial charge in [0, 0.05) is 23.8 Å². The smallest absolute Gasteiger partial charge is 0.229 e. The summed E-state index contributed by atoms with van der Waals surface area (Å²) in [6, 6.07) is 9.40. The minimum Gasteiger partial charge on any atom is -0.508 e. The Hall–Kier alpha value is -3.31. The molecule has 2 aliphatic heterocycles. The van der Waals surface area contributed by atoms with Crippen molar-refractivity contribution < 1.29 is 64.2 Å². The molecule has 2 aliphatic rings. The lowest BCUT2D eigenvalue weighted by Crippen LogP contribution is -2.61. The second kappa shape index (κ2) is 11.5. The Balaban J connectivity index is 1.35. The number of fused-ring (bicyclic) bond motifs is 1. The first-order valence-corrected chi connectivity index (χ1v) is 12.7. The molecule has 0 amide bonds. The highest BCUT2D eigenvalue weighted by atomic mass is 16.7. The second-order valence-corrected chi connectivity index (χ2v) is 9.98. The Bertz CT molecular complexity index is 1420. The largest absolute Gasteiger partial charge is 0.508 e. The summed E-state index contributed by atoms with van der Waals surface area (Å²) in [7, 11) is 0. The molecule has 0 unspecified atom stereocenters. The van der Waals surface area contributed by atoms with Crippen molar-refractivity contribution in [2.24, 2.45) is 0 Å². The molecule has 0 radical (unpaired) electrons. The lowest BCUT2D eigenvalue weighted by Gasteiger charge is -2.42. The van der Waals surface area contributed by atoms with Crippen molar-refractivity contribution in [3.8, 4) is 28.6 Å². The highest BCUT2D eigenvalue weighted by molar-refractivity contribution is 5.86. The van der Waals surface area contributed by atoms with E-state index in [1.807, 2.05) is 0 Å². The highest BCUT2D eigenvalue weighted by Gasteiger charge is 2.47. The first-order valence-electron chi connectivity index (χ1n) is 12.7. The van der Waals surface area contributed by atoms with E-state index in [0.29, 0.717) is 5.56 Å². The fourth-order valence-electron chi connectivity index (χ4n) is 4.71. The summed E-state index contributed by atoms with van der Waals surface area (Å²) >= 11 is 0. The number of aliphatic hydroxyl groups is 6. The zero-order valence-corrected chi connectivity index (χ0v) is 21.5. The molecule has 10 atom stereocenters. The summed E-state index contributed by atoms with van der Waals surface area (Å²) in [6.45, 7) is 0.969. The molecule has 1 aromatic heterocycles. The molecule has 3 aromatic rings. The van der Waals surface area contributed by atoms with E-state index in [9.17, 15) is 45.6 Å². The Morgan fingerprint density at radius 1 is 0.780 bits per heavy atom. The Kier molecular flexibility index (Phi) is 8.20. The summed E-state index contributed by atoms with van der Waals surface area (Å²) in [5.74, 6) is -0.457. The molecule has 0 saturated carbocycles. The van der Waals surface area contributed by atoms with Crippen molar-refractivity contribution in [2.75, 3.05) is 6.61 Å². The molecule has 2 fully saturated rings. The summed E-state index contributed by atoms with van der Waals surface area (Å²) in [6.07, 6.45) is -14.9. The van der Waals surface area contributed by atoms with Crippen LogP contribution in [-0.2, 0) is 14.2 Å². The van der Waals surface area contributed by atoms with Crippen LogP contribution in [0.4, 0.5) is 0 Å². The van der Waals surface area contributed by atoms with Gasteiger partial charge in [0.25, 0.3) is 0 Å². The summed E-state index contributed by atoms with van der Waals surface area (Å²) in [5, 5.41) is 81.2. The molecule has 0 bridgehead atoms. The molecule has 14 heteroatoms. The van der Waals surface area contributed by atoms with E-state index in [0.717, 1.165) is 6.07 Å². The minimum absolute atomic E-state index is 0.0145. The second-order valence-electron chi connectivity index (χ2n) is 9.98. The molecule has 2 aromatic carbocycles. The molecule has 5 rings (SSSR count). The quantitative estimate of drug-likeness (QED) is 0.174. The monoisotopic (exact) mass is 578 g/mol. The van der Waals surface area contributed by atoms with Crippen LogP contribution in [0.15, 0.2) is 51.7 Å². The lowest BCUT2D eigenvalue weighted by molar-refractivity contribution is -0.318. The highest BCUT2D eigenvalue weighted by Crippen LogP contribution is 2.34. The van der Waals surface area contributed by atoms with Crippen molar-refractivity contribution in [2.45, 2.75) is 68.3 Å². The van der Waals surface area contributed by atoms with E-state index in [-0.39, 0.29) is 28.2 Å². The normalized spacial score (nSPS) is 34.0. The molecule has 14 nitrogen and oxygen atoms in total. The first kappa shape index (κ1) is 29.2. The lowest BCUT2D eigenvalue weighted by atomic mass is 9.98. The van der Waals surface area contributed by atoms with Gasteiger partial charge in [-0.05, 0) is 31.2 Å². The van der Waals surface area contributed by atoms with Crippen LogP contribution in [0.2, 0.25) is 0 Å². The number of benzene rings is 2. The fraction of sp³-hybridized carbons (Fsp3) is 0.444. The van der Waals surface area contributed by atoms with Crippen LogP contribution in [0.25, 0.3) is 22.3 Å². The topological polar surface area (TPSA) is 229 Å². The third-order valence-corrected chi connectivity index (χ3v) is 7.09. The molecular weight excluding hydrogens is 548 g/mol. The van der Waals surface area contributed by atoms with Gasteiger partial charge in [-0.3, -0.25) is 4.79 Å². The maximum Gasteiger partial charge on any atom is 0.229 e. The predicted octanol–water partition coefficient (Wildman–Crippen LogP) is -1.10. The van der Waals surface area contributed by atoms with Gasteiger partial charge in [-0.1, -0.05) is 0 Å². The number of phenolic OH excluding ortho intramolecular Hbond substituents is 2. The third-order valence-electron chi connectivity index (χ3n) is 7.09. The number of hydrogen-bond donors (Lipinski definition) is 8. The standard InChI is InChI=1S/C27H30O14/c1-10-20(31)22(33)24(35)26(38-10)37-9-18-21(32)23(34)25(36)27(41-18)39-13-6-14(29)19-15(30)8-16(40-17(19)7-13)11-2-4-12(28)5-3-11/h2-8,10,18,20-29,31-36H,9H2,1H3/t10-,18-,20-,21+,22+,23+,24+,25+,26+,27+/m0/s1. The van der Waals surface area contributed by atoms with E-state index >= 15 is 0 Å². The van der Waals surface area contributed by atoms with Crippen LogP contribution in [0.3, 0.4) is 0 Å². The van der Waals surface area contributed by atoms with Gasteiger partial charge in [0.05, 0.1) is 12.7 Å². The molecule has 41 heavy (non-hydrogen) atoms. The molecule has 0 spiro atoms. The van der Waals surface area contributed by atoms with Crippen LogP contribution in [-0.4, -0.2) is 109 Å². The molecule has 8 N–H and O–H groups in total. The zero-order valence-electron chi connectivity index (χ0n) is 21.5. The van der Waals surface area contributed by atoms with Crippen molar-refractivity contribution in [1.82, 2.24) is 0 Å². The van der Waals surface area contributed by atoms with Crippen LogP contribution in [0.1, 0.15) is 6.92 Å². The molecular formula is C27H30O14. The summed E-state index contributed by atoms with van der Waals surface area (Å²) in [5.41, 5.74) is -0.149. The van der Waals surface area contributed by atoms with Gasteiger partial charge in [0.1, 0.15) is 76.7 Å². The summed E-state index contributed by atoms with van der Waals surface area (Å²) in [4.78, 5) is 12.7. The number of aromatic hydroxyl groups is 2. The maximum absolute atomic E-state index is 12.7. The minimum atomic E-state index is -1.76. The van der Waals surface area contributed by atoms with Gasteiger partial charge in [-0.2, -0.15) is 0 Å². The molecule has 2 saturated heterocycles. The van der Waals surface area contributed by atoms with Crippen LogP contribution < -0.4 is 10.2 Å². The van der Waals surface area contributed by atoms with Crippen molar-refractivity contribution in [3.63, 3.8) is 0 Å². The number of hydrogen-bond acceptors (Lipinski definition) is 14. The van der Waals surface area contributed by atoms with Crippen LogP contribution in [0.5, 0.6) is 17.2 Å². The van der Waals surface area contributed by atoms with Crippen LogP contribution >= 0.6 is 0 Å². The maximum atomic E-state index is 12.7. The zero-order chi connectivity index (χ0) is 29.6. The van der Waals surface area contributed by atoms with E-state index in [1.54, 1.807) is 0 Å². The number of ether oxygens (including phenoxy) is 4. The predicted molar refractivity (Wildman–Crippen MR) is 137 cm³/mol. The third kappa shape index (κ3) is 5.74. The first-order chi connectivity index (χ1) is 19.4. The van der Waals surface area contributed by atoms with Crippen molar-refractivity contribution >= 4 is 11.0 Å². The number of aliphatic hydroxyl groups excluding tert-OH is 6. The number of rotatable bonds is 6. The molecule has 3 heterocycles. The average Bonchev–Trinajstić information content (AvgIpc) is 2.94. The Labute approximate surface area is 231 Å². The Morgan fingerprint density at radius 2 is 1.44 bits per heavy atom. The molecule has 222 valence electrons. The van der Waals surface area contributed by atoms with Crippen molar-refractivity contribution in [1.29, 1.82) is 0 Å². The SMILES string of the molecule is C[C@@H]1O[C@@H](OC[C@@H]2O[C@@H](Oc3cc(O)c4c(=O)cc(-c5ccc(O)cc5)oc4c3)[C@H](O)[C@H](O)[C@@H]2O)[C@H](O)[C@H](O)[C@H]1O. The van der Waals surface area contributed by atoms with Gasteiger partial charge in [0.2, 0.25) is 6.29 Å². The van der Waals surface area contributed by atoms with Gasteiger partial charge < -0.3 is 64.2 Å². The van der Waals surface area contributed by atoms with E-state index in [1.165, 1.54) is 43.3 Å². The van der Waals surface area contributed by atoms with Gasteiger partial charge in [-0.25, -0.2) is 0 Å². The van der Waals surface area contributed by atoms with Crippen molar-refractivity contribution in [3.05, 3.63) is 52.7 Å².